The van der Waals surface area contributed by atoms with Crippen molar-refractivity contribution >= 4 is 0 Å². The number of aliphatic hydroxyl groups excluding tert-OH is 1. The summed E-state index contributed by atoms with van der Waals surface area (Å²) in [4.78, 5) is 0. The van der Waals surface area contributed by atoms with E-state index in [2.05, 4.69) is 33.0 Å². The molecule has 0 fully saturated rings. The van der Waals surface area contributed by atoms with Gasteiger partial charge in [-0.3, -0.25) is 0 Å². The van der Waals surface area contributed by atoms with E-state index in [1.165, 1.54) is 0 Å². The van der Waals surface area contributed by atoms with Crippen molar-refractivity contribution in [1.29, 1.82) is 0 Å². The maximum absolute atomic E-state index is 10.6. The SMILES string of the molecule is CC(C)CNCCOCC[C@H](C)C(C)(O)CC[C@@H](C)CCO. The average molecular weight is 318 g/mol. The molecule has 0 radical (unpaired) electrons. The zero-order chi connectivity index (χ0) is 17.0. The maximum Gasteiger partial charge on any atom is 0.0646 e. The van der Waals surface area contributed by atoms with Crippen molar-refractivity contribution in [2.75, 3.05) is 32.9 Å². The van der Waals surface area contributed by atoms with Crippen LogP contribution in [-0.2, 0) is 4.74 Å². The fourth-order valence-corrected chi connectivity index (χ4v) is 2.36. The highest BCUT2D eigenvalue weighted by atomic mass is 16.5. The van der Waals surface area contributed by atoms with Gasteiger partial charge in [0.05, 0.1) is 12.2 Å². The molecule has 0 aromatic carbocycles. The quantitative estimate of drug-likeness (QED) is 0.431. The van der Waals surface area contributed by atoms with Crippen LogP contribution >= 0.6 is 0 Å². The molecule has 134 valence electrons. The van der Waals surface area contributed by atoms with Crippen molar-refractivity contribution in [2.24, 2.45) is 17.8 Å². The van der Waals surface area contributed by atoms with E-state index < -0.39 is 5.60 Å². The lowest BCUT2D eigenvalue weighted by Crippen LogP contribution is -2.34. The van der Waals surface area contributed by atoms with Crippen LogP contribution in [0.1, 0.15) is 60.3 Å². The van der Waals surface area contributed by atoms with Gasteiger partial charge < -0.3 is 20.3 Å². The second-order valence-electron chi connectivity index (χ2n) is 7.41. The molecule has 0 aliphatic carbocycles. The van der Waals surface area contributed by atoms with E-state index in [0.717, 1.165) is 45.4 Å². The second kappa shape index (κ2) is 12.3. The van der Waals surface area contributed by atoms with E-state index in [-0.39, 0.29) is 12.5 Å². The van der Waals surface area contributed by atoms with Gasteiger partial charge in [-0.25, -0.2) is 0 Å². The van der Waals surface area contributed by atoms with Crippen molar-refractivity contribution < 1.29 is 14.9 Å². The summed E-state index contributed by atoms with van der Waals surface area (Å²) >= 11 is 0. The Labute approximate surface area is 137 Å². The smallest absolute Gasteiger partial charge is 0.0646 e. The molecule has 3 N–H and O–H groups in total. The molecule has 0 amide bonds. The number of aliphatic hydroxyl groups is 2. The molecule has 0 saturated carbocycles. The maximum atomic E-state index is 10.6. The average Bonchev–Trinajstić information content (AvgIpc) is 2.44. The summed E-state index contributed by atoms with van der Waals surface area (Å²) in [7, 11) is 0. The summed E-state index contributed by atoms with van der Waals surface area (Å²) in [5, 5.41) is 22.9. The Hall–Kier alpha value is -0.160. The van der Waals surface area contributed by atoms with Crippen molar-refractivity contribution in [2.45, 2.75) is 65.9 Å². The van der Waals surface area contributed by atoms with Gasteiger partial charge in [-0.05, 0) is 56.9 Å². The van der Waals surface area contributed by atoms with Gasteiger partial charge in [-0.1, -0.05) is 27.7 Å². The Kier molecular flexibility index (Phi) is 12.2. The van der Waals surface area contributed by atoms with Crippen LogP contribution in [0.5, 0.6) is 0 Å². The van der Waals surface area contributed by atoms with Crippen LogP contribution in [0.25, 0.3) is 0 Å². The molecular formula is C18H39NO3. The molecule has 22 heavy (non-hydrogen) atoms. The van der Waals surface area contributed by atoms with Crippen LogP contribution < -0.4 is 5.32 Å². The molecule has 0 aliphatic rings. The minimum atomic E-state index is -0.650. The Bertz CT molecular complexity index is 257. The summed E-state index contributed by atoms with van der Waals surface area (Å²) in [6.07, 6.45) is 3.44. The summed E-state index contributed by atoms with van der Waals surface area (Å²) < 4.78 is 5.64. The first-order chi connectivity index (χ1) is 10.3. The van der Waals surface area contributed by atoms with E-state index in [4.69, 9.17) is 9.84 Å². The minimum absolute atomic E-state index is 0.220. The Morgan fingerprint density at radius 3 is 2.32 bits per heavy atom. The molecule has 4 heteroatoms. The van der Waals surface area contributed by atoms with Gasteiger partial charge in [0.15, 0.2) is 0 Å². The zero-order valence-corrected chi connectivity index (χ0v) is 15.4. The predicted molar refractivity (Wildman–Crippen MR) is 93.0 cm³/mol. The van der Waals surface area contributed by atoms with Crippen molar-refractivity contribution in [3.63, 3.8) is 0 Å². The van der Waals surface area contributed by atoms with Crippen molar-refractivity contribution in [3.05, 3.63) is 0 Å². The van der Waals surface area contributed by atoms with Gasteiger partial charge in [0.1, 0.15) is 0 Å². The van der Waals surface area contributed by atoms with Gasteiger partial charge in [0.2, 0.25) is 0 Å². The molecule has 0 rings (SSSR count). The van der Waals surface area contributed by atoms with Crippen LogP contribution in [0.4, 0.5) is 0 Å². The van der Waals surface area contributed by atoms with Crippen LogP contribution in [-0.4, -0.2) is 48.7 Å². The van der Waals surface area contributed by atoms with Crippen LogP contribution in [0.3, 0.4) is 0 Å². The Morgan fingerprint density at radius 2 is 1.73 bits per heavy atom. The third kappa shape index (κ3) is 11.4. The molecular weight excluding hydrogens is 278 g/mol. The third-order valence-corrected chi connectivity index (χ3v) is 4.50. The normalized spacial score (nSPS) is 17.5. The Morgan fingerprint density at radius 1 is 1.05 bits per heavy atom. The van der Waals surface area contributed by atoms with Crippen LogP contribution in [0, 0.1) is 17.8 Å². The van der Waals surface area contributed by atoms with Gasteiger partial charge in [-0.2, -0.15) is 0 Å². The lowest BCUT2D eigenvalue weighted by Gasteiger charge is -2.31. The largest absolute Gasteiger partial charge is 0.396 e. The van der Waals surface area contributed by atoms with Gasteiger partial charge >= 0.3 is 0 Å². The second-order valence-corrected chi connectivity index (χ2v) is 7.41. The molecule has 0 aromatic rings. The third-order valence-electron chi connectivity index (χ3n) is 4.50. The lowest BCUT2D eigenvalue weighted by molar-refractivity contribution is -0.0208. The van der Waals surface area contributed by atoms with E-state index in [1.54, 1.807) is 0 Å². The standard InChI is InChI=1S/C18H39NO3/c1-15(2)14-19-10-13-22-12-8-17(4)18(5,21)9-6-16(3)7-11-20/h15-17,19-21H,6-14H2,1-5H3/t16-,17+,18?/m1/s1. The lowest BCUT2D eigenvalue weighted by atomic mass is 9.82. The van der Waals surface area contributed by atoms with E-state index in [1.807, 2.05) is 6.92 Å². The van der Waals surface area contributed by atoms with Crippen LogP contribution in [0.2, 0.25) is 0 Å². The highest BCUT2D eigenvalue weighted by Crippen LogP contribution is 2.27. The fourth-order valence-electron chi connectivity index (χ4n) is 2.36. The summed E-state index contributed by atoms with van der Waals surface area (Å²) in [6, 6.07) is 0. The highest BCUT2D eigenvalue weighted by molar-refractivity contribution is 4.79. The molecule has 0 aromatic heterocycles. The van der Waals surface area contributed by atoms with Crippen molar-refractivity contribution in [1.82, 2.24) is 5.32 Å². The predicted octanol–water partition coefficient (Wildman–Crippen LogP) is 2.82. The molecule has 4 nitrogen and oxygen atoms in total. The molecule has 0 saturated heterocycles. The molecule has 3 atom stereocenters. The molecule has 0 heterocycles. The molecule has 0 aliphatic heterocycles. The first kappa shape index (κ1) is 21.8. The van der Waals surface area contributed by atoms with Crippen molar-refractivity contribution in [3.8, 4) is 0 Å². The van der Waals surface area contributed by atoms with Gasteiger partial charge in [-0.15, -0.1) is 0 Å². The highest BCUT2D eigenvalue weighted by Gasteiger charge is 2.28. The summed E-state index contributed by atoms with van der Waals surface area (Å²) in [6.45, 7) is 14.1. The number of hydrogen-bond donors (Lipinski definition) is 3. The van der Waals surface area contributed by atoms with E-state index >= 15 is 0 Å². The van der Waals surface area contributed by atoms with Crippen LogP contribution in [0.15, 0.2) is 0 Å². The first-order valence-electron chi connectivity index (χ1n) is 8.91. The molecule has 0 spiro atoms. The van der Waals surface area contributed by atoms with E-state index in [9.17, 15) is 5.11 Å². The molecule has 1 unspecified atom stereocenters. The van der Waals surface area contributed by atoms with Gasteiger partial charge in [0, 0.05) is 19.8 Å². The first-order valence-corrected chi connectivity index (χ1v) is 8.91. The van der Waals surface area contributed by atoms with E-state index in [0.29, 0.717) is 18.4 Å². The molecule has 0 bridgehead atoms. The monoisotopic (exact) mass is 317 g/mol. The number of ether oxygens (including phenoxy) is 1. The number of hydrogen-bond acceptors (Lipinski definition) is 4. The fraction of sp³-hybridized carbons (Fsp3) is 1.00. The summed E-state index contributed by atoms with van der Waals surface area (Å²) in [5.74, 6) is 1.35. The minimum Gasteiger partial charge on any atom is -0.396 e. The topological polar surface area (TPSA) is 61.7 Å². The number of nitrogens with one attached hydrogen (secondary N) is 1. The number of rotatable bonds is 14. The zero-order valence-electron chi connectivity index (χ0n) is 15.4. The Balaban J connectivity index is 3.73. The summed E-state index contributed by atoms with van der Waals surface area (Å²) in [5.41, 5.74) is -0.650. The van der Waals surface area contributed by atoms with Gasteiger partial charge in [0.25, 0.3) is 0 Å².